The SMILES string of the molecule is Cc1nn(C)c(CNCC(O)C(F)(F)F)c1Cl. The van der Waals surface area contributed by atoms with Crippen LogP contribution in [0.5, 0.6) is 0 Å². The lowest BCUT2D eigenvalue weighted by molar-refractivity contribution is -0.201. The molecule has 0 aliphatic carbocycles. The van der Waals surface area contributed by atoms with Crippen molar-refractivity contribution in [3.63, 3.8) is 0 Å². The van der Waals surface area contributed by atoms with Gasteiger partial charge in [0.25, 0.3) is 0 Å². The number of aryl methyl sites for hydroxylation is 2. The van der Waals surface area contributed by atoms with Crippen molar-refractivity contribution in [3.05, 3.63) is 16.4 Å². The summed E-state index contributed by atoms with van der Waals surface area (Å²) in [4.78, 5) is 0. The van der Waals surface area contributed by atoms with Gasteiger partial charge in [0.2, 0.25) is 0 Å². The van der Waals surface area contributed by atoms with Crippen molar-refractivity contribution in [2.75, 3.05) is 6.54 Å². The number of rotatable bonds is 4. The first kappa shape index (κ1) is 14.3. The number of halogens is 4. The molecule has 0 bridgehead atoms. The summed E-state index contributed by atoms with van der Waals surface area (Å²) in [6.07, 6.45) is -6.99. The summed E-state index contributed by atoms with van der Waals surface area (Å²) in [5.74, 6) is 0. The van der Waals surface area contributed by atoms with Gasteiger partial charge in [-0.25, -0.2) is 0 Å². The molecule has 0 saturated heterocycles. The van der Waals surface area contributed by atoms with Crippen molar-refractivity contribution in [1.82, 2.24) is 15.1 Å². The maximum Gasteiger partial charge on any atom is 0.415 e. The molecule has 1 heterocycles. The van der Waals surface area contributed by atoms with Crippen LogP contribution in [0.15, 0.2) is 0 Å². The Hall–Kier alpha value is -0.790. The predicted molar refractivity (Wildman–Crippen MR) is 56.7 cm³/mol. The first-order chi connectivity index (χ1) is 7.73. The molecule has 1 unspecified atom stereocenters. The summed E-state index contributed by atoms with van der Waals surface area (Å²) in [6.45, 7) is 1.24. The Morgan fingerprint density at radius 2 is 2.12 bits per heavy atom. The summed E-state index contributed by atoms with van der Waals surface area (Å²) in [5.41, 5.74) is 1.20. The van der Waals surface area contributed by atoms with Crippen LogP contribution in [-0.2, 0) is 13.6 Å². The highest BCUT2D eigenvalue weighted by atomic mass is 35.5. The van der Waals surface area contributed by atoms with Crippen LogP contribution in [0, 0.1) is 6.92 Å². The molecule has 0 aliphatic rings. The van der Waals surface area contributed by atoms with Gasteiger partial charge >= 0.3 is 6.18 Å². The molecule has 0 spiro atoms. The number of hydrogen-bond acceptors (Lipinski definition) is 3. The lowest BCUT2D eigenvalue weighted by Crippen LogP contribution is -2.38. The van der Waals surface area contributed by atoms with Crippen molar-refractivity contribution in [3.8, 4) is 0 Å². The van der Waals surface area contributed by atoms with E-state index >= 15 is 0 Å². The van der Waals surface area contributed by atoms with E-state index in [1.54, 1.807) is 14.0 Å². The van der Waals surface area contributed by atoms with Crippen LogP contribution < -0.4 is 5.32 Å². The van der Waals surface area contributed by atoms with Gasteiger partial charge in [-0.2, -0.15) is 18.3 Å². The molecule has 1 aromatic rings. The number of aromatic nitrogens is 2. The summed E-state index contributed by atoms with van der Waals surface area (Å²) in [5, 5.41) is 15.7. The van der Waals surface area contributed by atoms with Crippen molar-refractivity contribution in [1.29, 1.82) is 0 Å². The van der Waals surface area contributed by atoms with Crippen LogP contribution in [0.2, 0.25) is 5.02 Å². The maximum atomic E-state index is 12.0. The van der Waals surface area contributed by atoms with Gasteiger partial charge in [-0.05, 0) is 6.92 Å². The topological polar surface area (TPSA) is 50.1 Å². The van der Waals surface area contributed by atoms with Gasteiger partial charge in [0.1, 0.15) is 0 Å². The molecule has 0 radical (unpaired) electrons. The number of nitrogens with one attached hydrogen (secondary N) is 1. The zero-order valence-corrected chi connectivity index (χ0v) is 10.1. The minimum atomic E-state index is -4.61. The average Bonchev–Trinajstić information content (AvgIpc) is 2.42. The van der Waals surface area contributed by atoms with Crippen LogP contribution >= 0.6 is 11.6 Å². The molecule has 1 aromatic heterocycles. The highest BCUT2D eigenvalue weighted by Gasteiger charge is 2.37. The van der Waals surface area contributed by atoms with E-state index in [2.05, 4.69) is 10.4 Å². The Balaban J connectivity index is 2.52. The van der Waals surface area contributed by atoms with E-state index in [9.17, 15) is 13.2 Å². The Morgan fingerprint density at radius 3 is 2.53 bits per heavy atom. The Labute approximate surface area is 101 Å². The number of alkyl halides is 3. The monoisotopic (exact) mass is 271 g/mol. The maximum absolute atomic E-state index is 12.0. The minimum Gasteiger partial charge on any atom is -0.382 e. The largest absolute Gasteiger partial charge is 0.415 e. The molecule has 1 rings (SSSR count). The van der Waals surface area contributed by atoms with E-state index in [0.717, 1.165) is 0 Å². The van der Waals surface area contributed by atoms with Crippen LogP contribution in [0.3, 0.4) is 0 Å². The van der Waals surface area contributed by atoms with Gasteiger partial charge in [0.05, 0.1) is 16.4 Å². The number of hydrogen-bond donors (Lipinski definition) is 2. The normalized spacial score (nSPS) is 14.1. The zero-order chi connectivity index (χ0) is 13.2. The van der Waals surface area contributed by atoms with Gasteiger partial charge in [-0.15, -0.1) is 0 Å². The molecule has 8 heteroatoms. The third-order valence-electron chi connectivity index (χ3n) is 2.27. The number of aliphatic hydroxyl groups excluding tert-OH is 1. The Bertz CT molecular complexity index is 392. The molecule has 2 N–H and O–H groups in total. The van der Waals surface area contributed by atoms with Gasteiger partial charge in [-0.1, -0.05) is 11.6 Å². The van der Waals surface area contributed by atoms with Crippen molar-refractivity contribution >= 4 is 11.6 Å². The van der Waals surface area contributed by atoms with E-state index < -0.39 is 18.8 Å². The number of aliphatic hydroxyl groups is 1. The Kier molecular flexibility index (Phi) is 4.40. The van der Waals surface area contributed by atoms with Gasteiger partial charge < -0.3 is 10.4 Å². The molecule has 0 fully saturated rings. The second-order valence-corrected chi connectivity index (χ2v) is 4.04. The first-order valence-corrected chi connectivity index (χ1v) is 5.24. The molecule has 0 aromatic carbocycles. The van der Waals surface area contributed by atoms with Gasteiger partial charge in [0, 0.05) is 20.1 Å². The third-order valence-corrected chi connectivity index (χ3v) is 2.76. The molecule has 0 aliphatic heterocycles. The lowest BCUT2D eigenvalue weighted by Gasteiger charge is -2.15. The molecule has 17 heavy (non-hydrogen) atoms. The zero-order valence-electron chi connectivity index (χ0n) is 9.35. The third kappa shape index (κ3) is 3.58. The van der Waals surface area contributed by atoms with E-state index in [1.165, 1.54) is 4.68 Å². The van der Waals surface area contributed by atoms with E-state index in [1.807, 2.05) is 0 Å². The summed E-state index contributed by atoms with van der Waals surface area (Å²) in [6, 6.07) is 0. The second kappa shape index (κ2) is 5.24. The van der Waals surface area contributed by atoms with Crippen LogP contribution in [0.4, 0.5) is 13.2 Å². The number of nitrogens with zero attached hydrogens (tertiary/aromatic N) is 2. The first-order valence-electron chi connectivity index (χ1n) is 4.87. The van der Waals surface area contributed by atoms with Crippen LogP contribution in [0.25, 0.3) is 0 Å². The van der Waals surface area contributed by atoms with Crippen LogP contribution in [-0.4, -0.2) is 33.7 Å². The quantitative estimate of drug-likeness (QED) is 0.870. The van der Waals surface area contributed by atoms with Crippen molar-refractivity contribution in [2.45, 2.75) is 25.7 Å². The van der Waals surface area contributed by atoms with Gasteiger partial charge in [0.15, 0.2) is 6.10 Å². The fourth-order valence-electron chi connectivity index (χ4n) is 1.32. The fraction of sp³-hybridized carbons (Fsp3) is 0.667. The average molecular weight is 272 g/mol. The van der Waals surface area contributed by atoms with E-state index in [4.69, 9.17) is 16.7 Å². The minimum absolute atomic E-state index is 0.114. The molecule has 0 saturated carbocycles. The summed E-state index contributed by atoms with van der Waals surface area (Å²) < 4.78 is 37.5. The highest BCUT2D eigenvalue weighted by Crippen LogP contribution is 2.21. The molecular weight excluding hydrogens is 259 g/mol. The summed E-state index contributed by atoms with van der Waals surface area (Å²) >= 11 is 5.91. The smallest absolute Gasteiger partial charge is 0.382 e. The second-order valence-electron chi connectivity index (χ2n) is 3.66. The predicted octanol–water partition coefficient (Wildman–Crippen LogP) is 1.39. The molecule has 1 atom stereocenters. The van der Waals surface area contributed by atoms with E-state index in [0.29, 0.717) is 16.4 Å². The highest BCUT2D eigenvalue weighted by molar-refractivity contribution is 6.31. The molecule has 4 nitrogen and oxygen atoms in total. The Morgan fingerprint density at radius 1 is 1.53 bits per heavy atom. The van der Waals surface area contributed by atoms with Gasteiger partial charge in [-0.3, -0.25) is 4.68 Å². The fourth-order valence-corrected chi connectivity index (χ4v) is 1.54. The summed E-state index contributed by atoms with van der Waals surface area (Å²) in [7, 11) is 1.65. The van der Waals surface area contributed by atoms with E-state index in [-0.39, 0.29) is 6.54 Å². The van der Waals surface area contributed by atoms with Crippen molar-refractivity contribution in [2.24, 2.45) is 7.05 Å². The van der Waals surface area contributed by atoms with Crippen LogP contribution in [0.1, 0.15) is 11.4 Å². The lowest BCUT2D eigenvalue weighted by atomic mass is 10.3. The van der Waals surface area contributed by atoms with Crippen molar-refractivity contribution < 1.29 is 18.3 Å². The standard InChI is InChI=1S/C9H13ClF3N3O/c1-5-8(10)6(16(2)15-5)3-14-4-7(17)9(11,12)13/h7,14,17H,3-4H2,1-2H3. The molecule has 0 amide bonds. The molecular formula is C9H13ClF3N3O. The molecule has 98 valence electrons.